The van der Waals surface area contributed by atoms with Gasteiger partial charge in [-0.3, -0.25) is 0 Å². The summed E-state index contributed by atoms with van der Waals surface area (Å²) in [6.45, 7) is -2.47. The first kappa shape index (κ1) is 15.6. The van der Waals surface area contributed by atoms with Gasteiger partial charge in [-0.1, -0.05) is 15.9 Å². The highest BCUT2D eigenvalue weighted by Gasteiger charge is 2.10. The number of methoxy groups -OCH3 is 1. The van der Waals surface area contributed by atoms with Gasteiger partial charge in [0.25, 0.3) is 0 Å². The van der Waals surface area contributed by atoms with E-state index in [1.807, 2.05) is 24.3 Å². The van der Waals surface area contributed by atoms with E-state index in [1.165, 1.54) is 6.07 Å². The van der Waals surface area contributed by atoms with Gasteiger partial charge in [-0.2, -0.15) is 8.78 Å². The highest BCUT2D eigenvalue weighted by molar-refractivity contribution is 9.10. The molecule has 0 aromatic heterocycles. The van der Waals surface area contributed by atoms with Crippen LogP contribution >= 0.6 is 15.9 Å². The van der Waals surface area contributed by atoms with Crippen LogP contribution in [0.15, 0.2) is 46.9 Å². The SMILES string of the molecule is COc1ccc(NCc2cc(Br)ccc2OC(F)F)cc1. The number of alkyl halides is 2. The highest BCUT2D eigenvalue weighted by atomic mass is 79.9. The Labute approximate surface area is 130 Å². The molecule has 0 fully saturated rings. The van der Waals surface area contributed by atoms with Gasteiger partial charge in [0, 0.05) is 22.3 Å². The molecule has 0 atom stereocenters. The van der Waals surface area contributed by atoms with Crippen molar-refractivity contribution in [1.29, 1.82) is 0 Å². The standard InChI is InChI=1S/C15H14BrF2NO2/c1-20-13-5-3-12(4-6-13)19-9-10-8-11(16)2-7-14(10)21-15(17)18/h2-8,15,19H,9H2,1H3. The third-order valence-corrected chi connectivity index (χ3v) is 3.30. The van der Waals surface area contributed by atoms with E-state index in [0.29, 0.717) is 12.1 Å². The number of benzene rings is 2. The van der Waals surface area contributed by atoms with E-state index in [2.05, 4.69) is 26.0 Å². The van der Waals surface area contributed by atoms with E-state index in [4.69, 9.17) is 4.74 Å². The first-order valence-corrected chi connectivity index (χ1v) is 6.99. The predicted octanol–water partition coefficient (Wildman–Crippen LogP) is 4.67. The van der Waals surface area contributed by atoms with E-state index in [-0.39, 0.29) is 5.75 Å². The molecule has 0 unspecified atom stereocenters. The third kappa shape index (κ3) is 4.60. The van der Waals surface area contributed by atoms with Crippen molar-refractivity contribution in [1.82, 2.24) is 0 Å². The summed E-state index contributed by atoms with van der Waals surface area (Å²) >= 11 is 3.32. The lowest BCUT2D eigenvalue weighted by molar-refractivity contribution is -0.0504. The van der Waals surface area contributed by atoms with Gasteiger partial charge >= 0.3 is 6.61 Å². The third-order valence-electron chi connectivity index (χ3n) is 2.81. The number of nitrogens with one attached hydrogen (secondary N) is 1. The fourth-order valence-corrected chi connectivity index (χ4v) is 2.21. The van der Waals surface area contributed by atoms with Crippen LogP contribution in [0.1, 0.15) is 5.56 Å². The Hall–Kier alpha value is -1.82. The summed E-state index contributed by atoms with van der Waals surface area (Å²) in [6.07, 6.45) is 0. The van der Waals surface area contributed by atoms with Crippen LogP contribution in [0.25, 0.3) is 0 Å². The smallest absolute Gasteiger partial charge is 0.387 e. The summed E-state index contributed by atoms with van der Waals surface area (Å²) in [5.41, 5.74) is 1.50. The molecule has 2 aromatic rings. The maximum absolute atomic E-state index is 12.4. The molecular weight excluding hydrogens is 344 g/mol. The zero-order valence-electron chi connectivity index (χ0n) is 11.3. The van der Waals surface area contributed by atoms with Crippen LogP contribution in [0.5, 0.6) is 11.5 Å². The Balaban J connectivity index is 2.08. The minimum Gasteiger partial charge on any atom is -0.497 e. The van der Waals surface area contributed by atoms with Crippen molar-refractivity contribution in [2.75, 3.05) is 12.4 Å². The van der Waals surface area contributed by atoms with E-state index >= 15 is 0 Å². The van der Waals surface area contributed by atoms with Crippen LogP contribution in [0.3, 0.4) is 0 Å². The molecule has 0 bridgehead atoms. The van der Waals surface area contributed by atoms with E-state index in [1.54, 1.807) is 19.2 Å². The Morgan fingerprint density at radius 1 is 1.14 bits per heavy atom. The predicted molar refractivity (Wildman–Crippen MR) is 81.1 cm³/mol. The molecule has 0 heterocycles. The molecule has 0 saturated heterocycles. The lowest BCUT2D eigenvalue weighted by atomic mass is 10.2. The number of anilines is 1. The van der Waals surface area contributed by atoms with Crippen LogP contribution in [-0.4, -0.2) is 13.7 Å². The second-order valence-electron chi connectivity index (χ2n) is 4.21. The first-order valence-electron chi connectivity index (χ1n) is 6.19. The first-order chi connectivity index (χ1) is 10.1. The summed E-state index contributed by atoms with van der Waals surface area (Å²) in [5, 5.41) is 3.15. The fourth-order valence-electron chi connectivity index (χ4n) is 1.80. The van der Waals surface area contributed by atoms with Gasteiger partial charge in [-0.15, -0.1) is 0 Å². The van der Waals surface area contributed by atoms with Gasteiger partial charge in [-0.05, 0) is 42.5 Å². The molecule has 3 nitrogen and oxygen atoms in total. The number of halogens is 3. The molecule has 0 aliphatic carbocycles. The number of hydrogen-bond donors (Lipinski definition) is 1. The molecule has 2 rings (SSSR count). The number of rotatable bonds is 6. The molecule has 0 saturated carbocycles. The second-order valence-corrected chi connectivity index (χ2v) is 5.13. The normalized spacial score (nSPS) is 10.5. The molecule has 0 spiro atoms. The molecule has 0 aliphatic heterocycles. The van der Waals surface area contributed by atoms with Crippen LogP contribution < -0.4 is 14.8 Å². The molecule has 2 aromatic carbocycles. The lowest BCUT2D eigenvalue weighted by Gasteiger charge is -2.13. The van der Waals surface area contributed by atoms with Crippen LogP contribution in [0.2, 0.25) is 0 Å². The molecule has 1 N–H and O–H groups in total. The minimum absolute atomic E-state index is 0.161. The molecule has 6 heteroatoms. The van der Waals surface area contributed by atoms with Crippen molar-refractivity contribution >= 4 is 21.6 Å². The average molecular weight is 358 g/mol. The van der Waals surface area contributed by atoms with Crippen molar-refractivity contribution in [3.63, 3.8) is 0 Å². The zero-order chi connectivity index (χ0) is 15.2. The average Bonchev–Trinajstić information content (AvgIpc) is 2.47. The van der Waals surface area contributed by atoms with Crippen LogP contribution in [0.4, 0.5) is 14.5 Å². The summed E-state index contributed by atoms with van der Waals surface area (Å²) in [5.74, 6) is 0.916. The Bertz CT molecular complexity index is 591. The van der Waals surface area contributed by atoms with Gasteiger partial charge in [-0.25, -0.2) is 0 Å². The summed E-state index contributed by atoms with van der Waals surface area (Å²) in [7, 11) is 1.60. The van der Waals surface area contributed by atoms with Crippen LogP contribution in [-0.2, 0) is 6.54 Å². The summed E-state index contributed by atoms with van der Waals surface area (Å²) in [4.78, 5) is 0. The van der Waals surface area contributed by atoms with Crippen molar-refractivity contribution in [3.05, 3.63) is 52.5 Å². The largest absolute Gasteiger partial charge is 0.497 e. The zero-order valence-corrected chi connectivity index (χ0v) is 12.9. The van der Waals surface area contributed by atoms with Gasteiger partial charge in [0.05, 0.1) is 7.11 Å². The Kier molecular flexibility index (Phi) is 5.38. The van der Waals surface area contributed by atoms with Crippen molar-refractivity contribution in [2.45, 2.75) is 13.2 Å². The van der Waals surface area contributed by atoms with Gasteiger partial charge in [0.2, 0.25) is 0 Å². The number of ether oxygens (including phenoxy) is 2. The molecule has 0 aliphatic rings. The lowest BCUT2D eigenvalue weighted by Crippen LogP contribution is -2.07. The van der Waals surface area contributed by atoms with Crippen LogP contribution in [0, 0.1) is 0 Å². The maximum Gasteiger partial charge on any atom is 0.387 e. The quantitative estimate of drug-likeness (QED) is 0.814. The van der Waals surface area contributed by atoms with Crippen molar-refractivity contribution < 1.29 is 18.3 Å². The van der Waals surface area contributed by atoms with Gasteiger partial charge in [0.15, 0.2) is 0 Å². The van der Waals surface area contributed by atoms with E-state index < -0.39 is 6.61 Å². The molecule has 0 amide bonds. The monoisotopic (exact) mass is 357 g/mol. The van der Waals surface area contributed by atoms with E-state index in [9.17, 15) is 8.78 Å². The summed E-state index contributed by atoms with van der Waals surface area (Å²) in [6, 6.07) is 12.3. The number of hydrogen-bond acceptors (Lipinski definition) is 3. The summed E-state index contributed by atoms with van der Waals surface area (Å²) < 4.78 is 35.1. The van der Waals surface area contributed by atoms with E-state index in [0.717, 1.165) is 15.9 Å². The topological polar surface area (TPSA) is 30.5 Å². The Morgan fingerprint density at radius 3 is 2.48 bits per heavy atom. The molecule has 0 radical (unpaired) electrons. The maximum atomic E-state index is 12.4. The second kappa shape index (κ2) is 7.26. The molecule has 112 valence electrons. The van der Waals surface area contributed by atoms with Gasteiger partial charge in [0.1, 0.15) is 11.5 Å². The van der Waals surface area contributed by atoms with Gasteiger partial charge < -0.3 is 14.8 Å². The fraction of sp³-hybridized carbons (Fsp3) is 0.200. The highest BCUT2D eigenvalue weighted by Crippen LogP contribution is 2.26. The molecule has 21 heavy (non-hydrogen) atoms. The minimum atomic E-state index is -2.84. The molecular formula is C15H14BrF2NO2. The van der Waals surface area contributed by atoms with Crippen molar-refractivity contribution in [3.8, 4) is 11.5 Å². The Morgan fingerprint density at radius 2 is 1.86 bits per heavy atom. The van der Waals surface area contributed by atoms with Crippen molar-refractivity contribution in [2.24, 2.45) is 0 Å².